The fourth-order valence-corrected chi connectivity index (χ4v) is 7.34. The molecule has 5 aromatic heterocycles. The van der Waals surface area contributed by atoms with Gasteiger partial charge in [0.05, 0.1) is 29.0 Å². The Bertz CT molecular complexity index is 2930. The molecule has 0 aromatic carbocycles. The van der Waals surface area contributed by atoms with E-state index in [1.165, 1.54) is 78.8 Å². The number of halogens is 3. The molecule has 0 unspecified atom stereocenters. The van der Waals surface area contributed by atoms with E-state index >= 15 is 0 Å². The maximum absolute atomic E-state index is 12.8. The molecule has 0 saturated heterocycles. The number of rotatable bonds is 22. The molecular weight excluding hydrogens is 1120 g/mol. The molecule has 0 fully saturated rings. The van der Waals surface area contributed by atoms with E-state index in [0.717, 1.165) is 16.9 Å². The number of thiocarbonyl (C=S) groups is 1. The number of unbranched alkanes of at least 4 members (excludes halogenated alkanes) is 3. The van der Waals surface area contributed by atoms with Crippen LogP contribution in [0.2, 0.25) is 0 Å². The Morgan fingerprint density at radius 1 is 0.714 bits per heavy atom. The maximum atomic E-state index is 12.8. The van der Waals surface area contributed by atoms with Crippen LogP contribution in [0.15, 0.2) is 103 Å². The normalized spacial score (nSPS) is 11.9. The summed E-state index contributed by atoms with van der Waals surface area (Å²) in [5.41, 5.74) is 8.28. The molecular formula is C56H56F3N7O8RuS2. The van der Waals surface area contributed by atoms with E-state index in [1.54, 1.807) is 101 Å². The number of hydrogen-bond donors (Lipinski definition) is 1. The van der Waals surface area contributed by atoms with Crippen LogP contribution in [0.1, 0.15) is 112 Å². The summed E-state index contributed by atoms with van der Waals surface area (Å²) < 4.78 is 52.1. The van der Waals surface area contributed by atoms with Crippen LogP contribution in [0.4, 0.5) is 13.2 Å². The van der Waals surface area contributed by atoms with Crippen molar-refractivity contribution in [1.82, 2.24) is 19.9 Å². The van der Waals surface area contributed by atoms with Crippen LogP contribution in [-0.2, 0) is 64.1 Å². The van der Waals surface area contributed by atoms with E-state index in [0.29, 0.717) is 45.5 Å². The number of Topliss-reactive ketones (excluding diaryl/α,β-unsaturated/α-hetero) is 2. The first kappa shape index (κ1) is 65.5. The molecule has 0 atom stereocenters. The van der Waals surface area contributed by atoms with Crippen LogP contribution in [0.25, 0.3) is 70.0 Å². The van der Waals surface area contributed by atoms with Crippen molar-refractivity contribution in [3.8, 4) is 22.8 Å². The average molecular weight is 1180 g/mol. The molecule has 5 heterocycles. The molecule has 15 nitrogen and oxygen atoms in total. The second-order valence-corrected chi connectivity index (χ2v) is 19.6. The molecule has 0 spiro atoms. The van der Waals surface area contributed by atoms with Gasteiger partial charge in [-0.25, -0.2) is 4.98 Å². The monoisotopic (exact) mass is 1180 g/mol. The SMILES string of the molecule is CC(C)(C)C(=O)/C(=C\c1ccnc(-c2cc(/C=C/OC=O)cc(-c3cc(/C=C(/OC=O)C(=O)C(C)(C)C)ccn3)n2)c1)OC=O.CCCCCCc1ccc(/C=C/c2ccnc(/C([NH-])=C/C(=N)C(F)(F)F)c2)s1.[N-]=C=S.[Ru+2]. The van der Waals surface area contributed by atoms with E-state index in [-0.39, 0.29) is 67.7 Å². The topological polar surface area (TPSA) is 235 Å². The van der Waals surface area contributed by atoms with Crippen molar-refractivity contribution >= 4 is 101 Å². The molecule has 0 aliphatic carbocycles. The number of ketones is 2. The van der Waals surface area contributed by atoms with Gasteiger partial charge in [-0.3, -0.25) is 44.3 Å². The number of pyridine rings is 4. The summed E-state index contributed by atoms with van der Waals surface area (Å²) in [6.07, 6.45) is 15.6. The van der Waals surface area contributed by atoms with Gasteiger partial charge >= 0.3 is 25.7 Å². The third-order valence-electron chi connectivity index (χ3n) is 10.1. The second kappa shape index (κ2) is 32.1. The summed E-state index contributed by atoms with van der Waals surface area (Å²) >= 11 is 5.43. The van der Waals surface area contributed by atoms with Crippen LogP contribution in [0, 0.1) is 16.2 Å². The zero-order chi connectivity index (χ0) is 56.5. The number of ether oxygens (including phenoxy) is 3. The fraction of sp³-hybridized carbons (Fsp3) is 0.268. The van der Waals surface area contributed by atoms with Gasteiger partial charge in [0.15, 0.2) is 11.5 Å². The number of carbonyl (C=O) groups excluding carboxylic acids is 5. The Morgan fingerprint density at radius 3 is 1.70 bits per heavy atom. The number of aromatic nitrogens is 4. The Labute approximate surface area is 467 Å². The van der Waals surface area contributed by atoms with Crippen molar-refractivity contribution in [2.45, 2.75) is 86.7 Å². The summed E-state index contributed by atoms with van der Waals surface area (Å²) in [5.74, 6) is -0.964. The van der Waals surface area contributed by atoms with E-state index in [9.17, 15) is 37.1 Å². The third kappa shape index (κ3) is 22.7. The Hall–Kier alpha value is -7.57. The van der Waals surface area contributed by atoms with Gasteiger partial charge in [0.25, 0.3) is 19.4 Å². The van der Waals surface area contributed by atoms with Crippen molar-refractivity contribution in [3.05, 3.63) is 152 Å². The van der Waals surface area contributed by atoms with Crippen LogP contribution in [0.3, 0.4) is 0 Å². The van der Waals surface area contributed by atoms with Gasteiger partial charge in [0.2, 0.25) is 11.6 Å². The summed E-state index contributed by atoms with van der Waals surface area (Å²) in [7, 11) is 0. The average Bonchev–Trinajstić information content (AvgIpc) is 3.83. The Balaban J connectivity index is 0.000000543. The summed E-state index contributed by atoms with van der Waals surface area (Å²) in [4.78, 5) is 78.6. The van der Waals surface area contributed by atoms with E-state index in [1.807, 2.05) is 12.2 Å². The first-order valence-electron chi connectivity index (χ1n) is 23.3. The summed E-state index contributed by atoms with van der Waals surface area (Å²) in [5, 5.41) is 15.4. The molecule has 5 aromatic rings. The molecule has 404 valence electrons. The molecule has 5 rings (SSSR count). The standard InChI is InChI=1S/C34H33N3O8.C21H23F3N3S.CNS.Ru/c1-33(2,3)31(41)29(44-20-39)17-22-7-10-35-25(13-22)27-15-24(9-12-43-19-38)16-28(37-27)26-14-23(8-11-36-26)18-30(45-21-40)32(42)34(4,5)6;1-2-3-4-5-6-16-9-10-17(28-16)8-7-15-11-12-27-19(13-15)18(25)14-20(26)21(22,23)24;2-1-3;/h7-21H,1-6H3;7-14,25-26H,2-6H2,1H3;;/q;2*-1;+2/b12-9+,29-17+,30-18+;8-7+,18-14-,26-20?;;. The van der Waals surface area contributed by atoms with Gasteiger partial charge in [0, 0.05) is 44.9 Å². The molecule has 21 heteroatoms. The number of thiophene rings is 1. The number of alkyl halides is 3. The van der Waals surface area contributed by atoms with E-state index < -0.39 is 28.4 Å². The molecule has 0 aliphatic rings. The smallest absolute Gasteiger partial charge is 0.753 e. The van der Waals surface area contributed by atoms with Gasteiger partial charge in [0.1, 0.15) is 5.71 Å². The summed E-state index contributed by atoms with van der Waals surface area (Å²) in [6, 6.07) is 17.5. The minimum Gasteiger partial charge on any atom is -0.753 e. The Kier molecular flexibility index (Phi) is 27.3. The quantitative estimate of drug-likeness (QED) is 0.00993. The molecule has 0 radical (unpaired) electrons. The first-order chi connectivity index (χ1) is 36.0. The van der Waals surface area contributed by atoms with Crippen molar-refractivity contribution < 1.29 is 70.8 Å². The number of hydrogen-bond acceptors (Lipinski definition) is 15. The number of allylic oxidation sites excluding steroid dienone is 3. The Morgan fingerprint density at radius 2 is 1.22 bits per heavy atom. The van der Waals surface area contributed by atoms with Gasteiger partial charge in [-0.05, 0) is 126 Å². The van der Waals surface area contributed by atoms with Crippen molar-refractivity contribution in [3.63, 3.8) is 0 Å². The van der Waals surface area contributed by atoms with E-state index in [4.69, 9.17) is 35.7 Å². The number of isothiocyanates is 1. The number of carbonyl (C=O) groups is 5. The predicted octanol–water partition coefficient (Wildman–Crippen LogP) is 13.7. The number of nitrogens with zero attached hydrogens (tertiary/aromatic N) is 5. The predicted molar refractivity (Wildman–Crippen MR) is 293 cm³/mol. The van der Waals surface area contributed by atoms with E-state index in [2.05, 4.69) is 46.2 Å². The zero-order valence-electron chi connectivity index (χ0n) is 43.1. The second-order valence-electron chi connectivity index (χ2n) is 18.2. The molecule has 0 amide bonds. The van der Waals surface area contributed by atoms with Crippen molar-refractivity contribution in [2.24, 2.45) is 10.8 Å². The minimum absolute atomic E-state index is 0. The van der Waals surface area contributed by atoms with Gasteiger partial charge in [-0.2, -0.15) is 18.3 Å². The van der Waals surface area contributed by atoms with Crippen LogP contribution < -0.4 is 0 Å². The maximum Gasteiger partial charge on any atom is 2.00 e. The number of nitrogens with one attached hydrogen (secondary N) is 2. The molecule has 2 N–H and O–H groups in total. The fourth-order valence-electron chi connectivity index (χ4n) is 6.39. The van der Waals surface area contributed by atoms with Gasteiger partial charge in [-0.1, -0.05) is 86.0 Å². The third-order valence-corrected chi connectivity index (χ3v) is 11.3. The molecule has 77 heavy (non-hydrogen) atoms. The van der Waals surface area contributed by atoms with Crippen LogP contribution in [0.5, 0.6) is 0 Å². The van der Waals surface area contributed by atoms with Crippen LogP contribution >= 0.6 is 23.6 Å². The molecule has 0 saturated carbocycles. The van der Waals surface area contributed by atoms with Gasteiger partial charge in [-0.15, -0.1) is 17.0 Å². The van der Waals surface area contributed by atoms with Crippen molar-refractivity contribution in [2.75, 3.05) is 0 Å². The summed E-state index contributed by atoms with van der Waals surface area (Å²) in [6.45, 7) is 13.2. The molecule has 0 bridgehead atoms. The first-order valence-corrected chi connectivity index (χ1v) is 24.5. The van der Waals surface area contributed by atoms with Crippen LogP contribution in [-0.4, -0.2) is 68.0 Å². The molecule has 0 aliphatic heterocycles. The van der Waals surface area contributed by atoms with Crippen molar-refractivity contribution in [1.29, 1.82) is 5.41 Å². The number of aryl methyl sites for hydroxylation is 1. The largest absolute Gasteiger partial charge is 2.00 e. The minimum atomic E-state index is -4.77. The van der Waals surface area contributed by atoms with Gasteiger partial charge < -0.3 is 25.4 Å². The zero-order valence-corrected chi connectivity index (χ0v) is 46.5.